The third-order valence-corrected chi connectivity index (χ3v) is 5.73. The average molecular weight is 264 g/mol. The minimum atomic E-state index is 0.643. The smallest absolute Gasteiger partial charge is 0.0244 e. The largest absolute Gasteiger partial charge is 0.317 e. The second-order valence-electron chi connectivity index (χ2n) is 6.15. The third kappa shape index (κ3) is 2.49. The van der Waals surface area contributed by atoms with Crippen LogP contribution >= 0.6 is 11.3 Å². The minimum Gasteiger partial charge on any atom is -0.317 e. The van der Waals surface area contributed by atoms with Crippen molar-refractivity contribution in [2.75, 3.05) is 26.2 Å². The Morgan fingerprint density at radius 1 is 1.28 bits per heavy atom. The van der Waals surface area contributed by atoms with Crippen molar-refractivity contribution in [2.45, 2.75) is 39.7 Å². The van der Waals surface area contributed by atoms with Gasteiger partial charge < -0.3 is 5.32 Å². The van der Waals surface area contributed by atoms with Gasteiger partial charge in [-0.3, -0.25) is 4.90 Å². The summed E-state index contributed by atoms with van der Waals surface area (Å²) in [7, 11) is 0. The summed E-state index contributed by atoms with van der Waals surface area (Å²) >= 11 is 1.94. The number of likely N-dealkylation sites (tertiary alicyclic amines) is 1. The fourth-order valence-corrected chi connectivity index (χ4v) is 4.55. The summed E-state index contributed by atoms with van der Waals surface area (Å²) in [5.41, 5.74) is 2.20. The third-order valence-electron chi connectivity index (χ3n) is 4.72. The second-order valence-corrected chi connectivity index (χ2v) is 7.61. The van der Waals surface area contributed by atoms with E-state index in [1.807, 2.05) is 11.3 Å². The van der Waals surface area contributed by atoms with E-state index in [9.17, 15) is 0 Å². The Labute approximate surface area is 114 Å². The molecule has 2 saturated heterocycles. The highest BCUT2D eigenvalue weighted by atomic mass is 32.1. The number of rotatable bonds is 2. The SMILES string of the molecule is Cc1cc(CN2CCC3(CCNCC3)C2)c(C)s1. The van der Waals surface area contributed by atoms with E-state index in [1.165, 1.54) is 61.7 Å². The second kappa shape index (κ2) is 4.95. The molecule has 100 valence electrons. The van der Waals surface area contributed by atoms with Crippen LogP contribution in [0.2, 0.25) is 0 Å². The molecule has 2 aliphatic rings. The lowest BCUT2D eigenvalue weighted by Crippen LogP contribution is -2.38. The van der Waals surface area contributed by atoms with E-state index in [1.54, 1.807) is 5.56 Å². The van der Waals surface area contributed by atoms with Gasteiger partial charge in [-0.2, -0.15) is 0 Å². The highest BCUT2D eigenvalue weighted by Crippen LogP contribution is 2.39. The van der Waals surface area contributed by atoms with Gasteiger partial charge in [0, 0.05) is 22.8 Å². The number of hydrogen-bond donors (Lipinski definition) is 1. The zero-order valence-corrected chi connectivity index (χ0v) is 12.4. The molecule has 0 bridgehead atoms. The van der Waals surface area contributed by atoms with Gasteiger partial charge in [-0.15, -0.1) is 11.3 Å². The van der Waals surface area contributed by atoms with Crippen molar-refractivity contribution >= 4 is 11.3 Å². The summed E-state index contributed by atoms with van der Waals surface area (Å²) in [6, 6.07) is 2.38. The molecule has 3 heteroatoms. The zero-order valence-electron chi connectivity index (χ0n) is 11.6. The number of piperidine rings is 1. The van der Waals surface area contributed by atoms with E-state index in [4.69, 9.17) is 0 Å². The lowest BCUT2D eigenvalue weighted by atomic mass is 9.78. The molecular weight excluding hydrogens is 240 g/mol. The van der Waals surface area contributed by atoms with Gasteiger partial charge in [0.25, 0.3) is 0 Å². The number of hydrogen-bond acceptors (Lipinski definition) is 3. The monoisotopic (exact) mass is 264 g/mol. The van der Waals surface area contributed by atoms with E-state index >= 15 is 0 Å². The van der Waals surface area contributed by atoms with Crippen molar-refractivity contribution in [3.63, 3.8) is 0 Å². The van der Waals surface area contributed by atoms with Gasteiger partial charge in [0.05, 0.1) is 0 Å². The number of aryl methyl sites for hydroxylation is 2. The normalized spacial score (nSPS) is 23.9. The van der Waals surface area contributed by atoms with Crippen LogP contribution in [0.4, 0.5) is 0 Å². The van der Waals surface area contributed by atoms with Crippen molar-refractivity contribution in [2.24, 2.45) is 5.41 Å². The molecule has 1 spiro atoms. The molecule has 3 rings (SSSR count). The van der Waals surface area contributed by atoms with Crippen LogP contribution in [0.15, 0.2) is 6.07 Å². The highest BCUT2D eigenvalue weighted by molar-refractivity contribution is 7.12. The van der Waals surface area contributed by atoms with Crippen LogP contribution in [0.5, 0.6) is 0 Å². The van der Waals surface area contributed by atoms with Gasteiger partial charge in [-0.1, -0.05) is 0 Å². The average Bonchev–Trinajstić information content (AvgIpc) is 2.86. The quantitative estimate of drug-likeness (QED) is 0.883. The van der Waals surface area contributed by atoms with Crippen LogP contribution < -0.4 is 5.32 Å². The molecule has 0 aromatic carbocycles. The minimum absolute atomic E-state index is 0.643. The van der Waals surface area contributed by atoms with Crippen molar-refractivity contribution in [3.05, 3.63) is 21.4 Å². The molecule has 0 unspecified atom stereocenters. The van der Waals surface area contributed by atoms with Crippen LogP contribution in [0.3, 0.4) is 0 Å². The first-order chi connectivity index (χ1) is 8.67. The lowest BCUT2D eigenvalue weighted by Gasteiger charge is -2.33. The molecule has 2 aliphatic heterocycles. The molecule has 2 fully saturated rings. The summed E-state index contributed by atoms with van der Waals surface area (Å²) < 4.78 is 0. The summed E-state index contributed by atoms with van der Waals surface area (Å²) in [6.45, 7) is 10.7. The number of thiophene rings is 1. The van der Waals surface area contributed by atoms with Gasteiger partial charge in [0.2, 0.25) is 0 Å². The molecule has 1 aromatic rings. The molecule has 2 nitrogen and oxygen atoms in total. The van der Waals surface area contributed by atoms with Gasteiger partial charge in [-0.25, -0.2) is 0 Å². The van der Waals surface area contributed by atoms with Gasteiger partial charge >= 0.3 is 0 Å². The molecule has 18 heavy (non-hydrogen) atoms. The topological polar surface area (TPSA) is 15.3 Å². The van der Waals surface area contributed by atoms with Crippen LogP contribution in [0.25, 0.3) is 0 Å². The maximum Gasteiger partial charge on any atom is 0.0244 e. The number of nitrogens with zero attached hydrogens (tertiary/aromatic N) is 1. The summed E-state index contributed by atoms with van der Waals surface area (Å²) in [4.78, 5) is 5.65. The Bertz CT molecular complexity index is 418. The van der Waals surface area contributed by atoms with E-state index < -0.39 is 0 Å². The Balaban J connectivity index is 1.64. The first kappa shape index (κ1) is 12.6. The Kier molecular flexibility index (Phi) is 3.48. The molecule has 0 saturated carbocycles. The lowest BCUT2D eigenvalue weighted by molar-refractivity contribution is 0.194. The predicted octanol–water partition coefficient (Wildman–Crippen LogP) is 2.94. The van der Waals surface area contributed by atoms with Crippen LogP contribution in [-0.2, 0) is 6.54 Å². The molecule has 0 atom stereocenters. The van der Waals surface area contributed by atoms with Crippen LogP contribution in [-0.4, -0.2) is 31.1 Å². The maximum atomic E-state index is 3.50. The first-order valence-electron chi connectivity index (χ1n) is 7.16. The molecular formula is C15H24N2S. The van der Waals surface area contributed by atoms with Gasteiger partial charge in [0.15, 0.2) is 0 Å². The Hall–Kier alpha value is -0.380. The summed E-state index contributed by atoms with van der Waals surface area (Å²) in [5, 5.41) is 3.50. The maximum absolute atomic E-state index is 3.50. The van der Waals surface area contributed by atoms with Crippen LogP contribution in [0, 0.1) is 19.3 Å². The van der Waals surface area contributed by atoms with E-state index in [2.05, 4.69) is 30.1 Å². The van der Waals surface area contributed by atoms with Gasteiger partial charge in [0.1, 0.15) is 0 Å². The molecule has 0 aliphatic carbocycles. The number of nitrogens with one attached hydrogen (secondary N) is 1. The first-order valence-corrected chi connectivity index (χ1v) is 7.98. The van der Waals surface area contributed by atoms with Gasteiger partial charge in [-0.05, 0) is 69.8 Å². The van der Waals surface area contributed by atoms with E-state index in [0.29, 0.717) is 5.41 Å². The van der Waals surface area contributed by atoms with E-state index in [-0.39, 0.29) is 0 Å². The molecule has 0 radical (unpaired) electrons. The molecule has 0 amide bonds. The predicted molar refractivity (Wildman–Crippen MR) is 78.2 cm³/mol. The van der Waals surface area contributed by atoms with E-state index in [0.717, 1.165) is 0 Å². The fourth-order valence-electron chi connectivity index (χ4n) is 3.61. The zero-order chi connectivity index (χ0) is 12.6. The standard InChI is InChI=1S/C15H24N2S/c1-12-9-14(13(2)18-12)10-17-8-5-15(11-17)3-6-16-7-4-15/h9,16H,3-8,10-11H2,1-2H3. The Morgan fingerprint density at radius 3 is 2.72 bits per heavy atom. The van der Waals surface area contributed by atoms with Crippen LogP contribution in [0.1, 0.15) is 34.6 Å². The fraction of sp³-hybridized carbons (Fsp3) is 0.733. The molecule has 1 aromatic heterocycles. The van der Waals surface area contributed by atoms with Crippen molar-refractivity contribution < 1.29 is 0 Å². The molecule has 3 heterocycles. The van der Waals surface area contributed by atoms with Crippen molar-refractivity contribution in [1.29, 1.82) is 0 Å². The summed E-state index contributed by atoms with van der Waals surface area (Å²) in [5.74, 6) is 0. The summed E-state index contributed by atoms with van der Waals surface area (Å²) in [6.07, 6.45) is 4.17. The highest BCUT2D eigenvalue weighted by Gasteiger charge is 2.38. The van der Waals surface area contributed by atoms with Crippen molar-refractivity contribution in [1.82, 2.24) is 10.2 Å². The molecule has 1 N–H and O–H groups in total. The Morgan fingerprint density at radius 2 is 2.06 bits per heavy atom. The van der Waals surface area contributed by atoms with Crippen molar-refractivity contribution in [3.8, 4) is 0 Å².